The SMILES string of the molecule is CNc1ncccc1C(=O)NC(C)CN1CCCCC1. The lowest BCUT2D eigenvalue weighted by Gasteiger charge is -2.29. The van der Waals surface area contributed by atoms with Crippen molar-refractivity contribution in [2.24, 2.45) is 0 Å². The molecule has 1 unspecified atom stereocenters. The van der Waals surface area contributed by atoms with Gasteiger partial charge >= 0.3 is 0 Å². The number of anilines is 1. The van der Waals surface area contributed by atoms with Gasteiger partial charge in [0.2, 0.25) is 0 Å². The monoisotopic (exact) mass is 276 g/mol. The fourth-order valence-corrected chi connectivity index (χ4v) is 2.66. The van der Waals surface area contributed by atoms with Crippen LogP contribution in [0.25, 0.3) is 0 Å². The van der Waals surface area contributed by atoms with Gasteiger partial charge in [-0.1, -0.05) is 6.42 Å². The summed E-state index contributed by atoms with van der Waals surface area (Å²) in [6, 6.07) is 3.72. The molecule has 1 aliphatic rings. The van der Waals surface area contributed by atoms with Crippen LogP contribution in [0.1, 0.15) is 36.5 Å². The second-order valence-corrected chi connectivity index (χ2v) is 5.39. The Morgan fingerprint density at radius 1 is 1.40 bits per heavy atom. The zero-order valence-corrected chi connectivity index (χ0v) is 12.4. The van der Waals surface area contributed by atoms with Gasteiger partial charge in [-0.25, -0.2) is 4.98 Å². The number of hydrogen-bond donors (Lipinski definition) is 2. The molecule has 1 aromatic heterocycles. The topological polar surface area (TPSA) is 57.3 Å². The summed E-state index contributed by atoms with van der Waals surface area (Å²) in [5, 5.41) is 6.01. The first kappa shape index (κ1) is 14.8. The van der Waals surface area contributed by atoms with Gasteiger partial charge in [-0.05, 0) is 45.0 Å². The number of nitrogens with zero attached hydrogens (tertiary/aromatic N) is 2. The van der Waals surface area contributed by atoms with Gasteiger partial charge in [0.1, 0.15) is 5.82 Å². The molecule has 5 nitrogen and oxygen atoms in total. The Kier molecular flexibility index (Phi) is 5.35. The molecule has 20 heavy (non-hydrogen) atoms. The lowest BCUT2D eigenvalue weighted by atomic mass is 10.1. The van der Waals surface area contributed by atoms with Gasteiger partial charge in [0.15, 0.2) is 0 Å². The Morgan fingerprint density at radius 2 is 2.15 bits per heavy atom. The van der Waals surface area contributed by atoms with E-state index in [4.69, 9.17) is 0 Å². The van der Waals surface area contributed by atoms with E-state index in [1.54, 1.807) is 25.4 Å². The molecule has 2 heterocycles. The Morgan fingerprint density at radius 3 is 2.85 bits per heavy atom. The van der Waals surface area contributed by atoms with Crippen LogP contribution in [0.15, 0.2) is 18.3 Å². The number of pyridine rings is 1. The number of likely N-dealkylation sites (tertiary alicyclic amines) is 1. The van der Waals surface area contributed by atoms with Crippen molar-refractivity contribution >= 4 is 11.7 Å². The number of aromatic nitrogens is 1. The van der Waals surface area contributed by atoms with Crippen molar-refractivity contribution in [2.45, 2.75) is 32.2 Å². The predicted octanol–water partition coefficient (Wildman–Crippen LogP) is 1.73. The normalized spacial score (nSPS) is 17.5. The van der Waals surface area contributed by atoms with E-state index in [9.17, 15) is 4.79 Å². The van der Waals surface area contributed by atoms with Gasteiger partial charge in [-0.3, -0.25) is 4.79 Å². The molecule has 1 aromatic rings. The number of carbonyl (C=O) groups excluding carboxylic acids is 1. The van der Waals surface area contributed by atoms with Crippen LogP contribution in [-0.4, -0.2) is 48.5 Å². The van der Waals surface area contributed by atoms with Crippen molar-refractivity contribution in [2.75, 3.05) is 32.0 Å². The molecule has 1 fully saturated rings. The zero-order chi connectivity index (χ0) is 14.4. The molecule has 0 aromatic carbocycles. The number of rotatable bonds is 5. The molecule has 0 spiro atoms. The quantitative estimate of drug-likeness (QED) is 0.860. The summed E-state index contributed by atoms with van der Waals surface area (Å²) < 4.78 is 0. The average molecular weight is 276 g/mol. The molecule has 1 atom stereocenters. The fraction of sp³-hybridized carbons (Fsp3) is 0.600. The van der Waals surface area contributed by atoms with Gasteiger partial charge in [0.25, 0.3) is 5.91 Å². The second kappa shape index (κ2) is 7.24. The van der Waals surface area contributed by atoms with Crippen molar-refractivity contribution in [3.63, 3.8) is 0 Å². The van der Waals surface area contributed by atoms with Crippen LogP contribution in [0.5, 0.6) is 0 Å². The van der Waals surface area contributed by atoms with E-state index in [0.29, 0.717) is 11.4 Å². The minimum absolute atomic E-state index is 0.0630. The third kappa shape index (κ3) is 3.93. The van der Waals surface area contributed by atoms with Gasteiger partial charge in [0, 0.05) is 25.8 Å². The van der Waals surface area contributed by atoms with Crippen LogP contribution in [0.2, 0.25) is 0 Å². The third-order valence-corrected chi connectivity index (χ3v) is 3.65. The van der Waals surface area contributed by atoms with Crippen LogP contribution in [0.3, 0.4) is 0 Å². The molecular formula is C15H24N4O. The van der Waals surface area contributed by atoms with Crippen molar-refractivity contribution in [1.29, 1.82) is 0 Å². The molecule has 1 saturated heterocycles. The highest BCUT2D eigenvalue weighted by Gasteiger charge is 2.17. The molecule has 1 amide bonds. The standard InChI is InChI=1S/C15H24N4O/c1-12(11-19-9-4-3-5-10-19)18-15(20)13-7-6-8-17-14(13)16-2/h6-8,12H,3-5,9-11H2,1-2H3,(H,16,17)(H,18,20). The summed E-state index contributed by atoms with van der Waals surface area (Å²) in [4.78, 5) is 18.9. The van der Waals surface area contributed by atoms with Crippen molar-refractivity contribution in [3.8, 4) is 0 Å². The number of carbonyl (C=O) groups is 1. The molecule has 0 saturated carbocycles. The first-order valence-corrected chi connectivity index (χ1v) is 7.36. The summed E-state index contributed by atoms with van der Waals surface area (Å²) in [5.74, 6) is 0.558. The molecule has 110 valence electrons. The minimum Gasteiger partial charge on any atom is -0.372 e. The lowest BCUT2D eigenvalue weighted by Crippen LogP contribution is -2.43. The molecule has 0 aliphatic carbocycles. The number of nitrogens with one attached hydrogen (secondary N) is 2. The largest absolute Gasteiger partial charge is 0.372 e. The van der Waals surface area contributed by atoms with Crippen LogP contribution in [0.4, 0.5) is 5.82 Å². The number of amides is 1. The highest BCUT2D eigenvalue weighted by Crippen LogP contribution is 2.12. The highest BCUT2D eigenvalue weighted by atomic mass is 16.1. The maximum atomic E-state index is 12.3. The van der Waals surface area contributed by atoms with E-state index in [1.165, 1.54) is 19.3 Å². The smallest absolute Gasteiger partial charge is 0.255 e. The van der Waals surface area contributed by atoms with Crippen molar-refractivity contribution in [1.82, 2.24) is 15.2 Å². The van der Waals surface area contributed by atoms with Gasteiger partial charge in [0.05, 0.1) is 5.56 Å². The molecule has 0 radical (unpaired) electrons. The molecule has 2 rings (SSSR count). The molecular weight excluding hydrogens is 252 g/mol. The third-order valence-electron chi connectivity index (χ3n) is 3.65. The Hall–Kier alpha value is -1.62. The van der Waals surface area contributed by atoms with Gasteiger partial charge < -0.3 is 15.5 Å². The summed E-state index contributed by atoms with van der Waals surface area (Å²) in [6.45, 7) is 5.27. The Labute approximate surface area is 120 Å². The summed E-state index contributed by atoms with van der Waals surface area (Å²) in [7, 11) is 1.77. The molecule has 1 aliphatic heterocycles. The van der Waals surface area contributed by atoms with E-state index in [2.05, 4.69) is 27.4 Å². The molecule has 0 bridgehead atoms. The van der Waals surface area contributed by atoms with Gasteiger partial charge in [-0.15, -0.1) is 0 Å². The molecule has 2 N–H and O–H groups in total. The average Bonchev–Trinajstić information content (AvgIpc) is 2.48. The zero-order valence-electron chi connectivity index (χ0n) is 12.4. The van der Waals surface area contributed by atoms with Gasteiger partial charge in [-0.2, -0.15) is 0 Å². The Balaban J connectivity index is 1.89. The number of piperidine rings is 1. The maximum absolute atomic E-state index is 12.3. The van der Waals surface area contributed by atoms with E-state index in [1.807, 2.05) is 0 Å². The van der Waals surface area contributed by atoms with Crippen LogP contribution < -0.4 is 10.6 Å². The predicted molar refractivity (Wildman–Crippen MR) is 81.0 cm³/mol. The van der Waals surface area contributed by atoms with E-state index in [-0.39, 0.29) is 11.9 Å². The van der Waals surface area contributed by atoms with Crippen LogP contribution in [0, 0.1) is 0 Å². The summed E-state index contributed by atoms with van der Waals surface area (Å²) in [6.07, 6.45) is 5.55. The van der Waals surface area contributed by atoms with Crippen LogP contribution in [-0.2, 0) is 0 Å². The first-order chi connectivity index (χ1) is 9.70. The van der Waals surface area contributed by atoms with Crippen molar-refractivity contribution < 1.29 is 4.79 Å². The summed E-state index contributed by atoms with van der Waals surface area (Å²) in [5.41, 5.74) is 0.598. The second-order valence-electron chi connectivity index (χ2n) is 5.39. The fourth-order valence-electron chi connectivity index (χ4n) is 2.66. The number of hydrogen-bond acceptors (Lipinski definition) is 4. The Bertz CT molecular complexity index is 443. The first-order valence-electron chi connectivity index (χ1n) is 7.36. The van der Waals surface area contributed by atoms with Crippen LogP contribution >= 0.6 is 0 Å². The molecule has 5 heteroatoms. The summed E-state index contributed by atoms with van der Waals surface area (Å²) >= 11 is 0. The van der Waals surface area contributed by atoms with E-state index < -0.39 is 0 Å². The van der Waals surface area contributed by atoms with E-state index >= 15 is 0 Å². The van der Waals surface area contributed by atoms with E-state index in [0.717, 1.165) is 19.6 Å². The lowest BCUT2D eigenvalue weighted by molar-refractivity contribution is 0.0926. The minimum atomic E-state index is -0.0630. The maximum Gasteiger partial charge on any atom is 0.255 e. The van der Waals surface area contributed by atoms with Crippen molar-refractivity contribution in [3.05, 3.63) is 23.9 Å². The highest BCUT2D eigenvalue weighted by molar-refractivity contribution is 5.98.